The lowest BCUT2D eigenvalue weighted by Gasteiger charge is -2.40. The van der Waals surface area contributed by atoms with Crippen LogP contribution in [0.4, 0.5) is 0 Å². The molecular formula is C15H22N4O2S. The number of carbonyl (C=O) groups excluding carboxylic acids is 1. The molecule has 0 atom stereocenters. The molecule has 0 unspecified atom stereocenters. The molecule has 2 aliphatic heterocycles. The summed E-state index contributed by atoms with van der Waals surface area (Å²) in [5.41, 5.74) is -0.364. The Hall–Kier alpha value is -1.34. The minimum absolute atomic E-state index is 0.0164. The smallest absolute Gasteiger partial charge is 0.341 e. The molecule has 0 N–H and O–H groups in total. The lowest BCUT2D eigenvalue weighted by Crippen LogP contribution is -2.49. The molecule has 0 aromatic carbocycles. The summed E-state index contributed by atoms with van der Waals surface area (Å²) < 4.78 is 1.37. The number of aromatic nitrogens is 2. The first-order valence-corrected chi connectivity index (χ1v) is 9.00. The molecule has 0 bridgehead atoms. The zero-order chi connectivity index (χ0) is 15.4. The average molecular weight is 322 g/mol. The molecule has 0 radical (unpaired) electrons. The van der Waals surface area contributed by atoms with Gasteiger partial charge < -0.3 is 4.90 Å². The minimum Gasteiger partial charge on any atom is -0.341 e. The Labute approximate surface area is 134 Å². The number of piperidine rings is 1. The highest BCUT2D eigenvalue weighted by Gasteiger charge is 2.27. The molecule has 0 saturated carbocycles. The minimum atomic E-state index is -0.364. The monoisotopic (exact) mass is 322 g/mol. The van der Waals surface area contributed by atoms with Gasteiger partial charge in [0.25, 0.3) is 0 Å². The highest BCUT2D eigenvalue weighted by molar-refractivity contribution is 7.99. The van der Waals surface area contributed by atoms with Gasteiger partial charge >= 0.3 is 5.69 Å². The van der Waals surface area contributed by atoms with Crippen molar-refractivity contribution in [1.82, 2.24) is 19.4 Å². The van der Waals surface area contributed by atoms with Gasteiger partial charge in [-0.05, 0) is 18.9 Å². The first-order chi connectivity index (χ1) is 10.7. The van der Waals surface area contributed by atoms with Gasteiger partial charge in [0, 0.05) is 56.1 Å². The lowest BCUT2D eigenvalue weighted by molar-refractivity contribution is -0.133. The SMILES string of the molecule is O=C(Cn1cccnc1=O)N1CCC(N2CCSCC2)CC1. The second-order valence-corrected chi connectivity index (χ2v) is 7.02. The Morgan fingerprint density at radius 2 is 1.95 bits per heavy atom. The molecule has 2 aliphatic rings. The van der Waals surface area contributed by atoms with Gasteiger partial charge in [-0.25, -0.2) is 9.78 Å². The highest BCUT2D eigenvalue weighted by atomic mass is 32.2. The maximum atomic E-state index is 12.3. The van der Waals surface area contributed by atoms with Crippen LogP contribution in [0.2, 0.25) is 0 Å². The molecule has 22 heavy (non-hydrogen) atoms. The van der Waals surface area contributed by atoms with E-state index in [4.69, 9.17) is 0 Å². The van der Waals surface area contributed by atoms with Crippen molar-refractivity contribution in [2.75, 3.05) is 37.7 Å². The fraction of sp³-hybridized carbons (Fsp3) is 0.667. The van der Waals surface area contributed by atoms with E-state index in [-0.39, 0.29) is 18.1 Å². The highest BCUT2D eigenvalue weighted by Crippen LogP contribution is 2.20. The molecule has 3 rings (SSSR count). The maximum absolute atomic E-state index is 12.3. The third-order valence-corrected chi connectivity index (χ3v) is 5.41. The fourth-order valence-electron chi connectivity index (χ4n) is 3.18. The van der Waals surface area contributed by atoms with Gasteiger partial charge in [-0.3, -0.25) is 14.3 Å². The zero-order valence-corrected chi connectivity index (χ0v) is 13.5. The second-order valence-electron chi connectivity index (χ2n) is 5.79. The van der Waals surface area contributed by atoms with Crippen molar-refractivity contribution in [3.05, 3.63) is 28.9 Å². The van der Waals surface area contributed by atoms with Crippen LogP contribution in [0.3, 0.4) is 0 Å². The average Bonchev–Trinajstić information content (AvgIpc) is 2.58. The van der Waals surface area contributed by atoms with Crippen LogP contribution in [-0.4, -0.2) is 69.0 Å². The summed E-state index contributed by atoms with van der Waals surface area (Å²) in [5, 5.41) is 0. The lowest BCUT2D eigenvalue weighted by atomic mass is 10.0. The maximum Gasteiger partial charge on any atom is 0.347 e. The van der Waals surface area contributed by atoms with Gasteiger partial charge in [0.05, 0.1) is 0 Å². The van der Waals surface area contributed by atoms with Crippen molar-refractivity contribution in [2.24, 2.45) is 0 Å². The number of hydrogen-bond donors (Lipinski definition) is 0. The van der Waals surface area contributed by atoms with Crippen molar-refractivity contribution < 1.29 is 4.79 Å². The Balaban J connectivity index is 1.51. The number of amides is 1. The molecular weight excluding hydrogens is 300 g/mol. The molecule has 6 nitrogen and oxygen atoms in total. The topological polar surface area (TPSA) is 58.4 Å². The third kappa shape index (κ3) is 3.70. The largest absolute Gasteiger partial charge is 0.347 e. The Morgan fingerprint density at radius 1 is 1.23 bits per heavy atom. The number of carbonyl (C=O) groups is 1. The standard InChI is InChI=1S/C15H22N4O2S/c20-14(12-19-5-1-4-16-15(19)21)18-6-2-13(3-7-18)17-8-10-22-11-9-17/h1,4-5,13H,2-3,6-12H2. The number of rotatable bonds is 3. The first-order valence-electron chi connectivity index (χ1n) is 7.85. The normalized spacial score (nSPS) is 21.0. The number of nitrogens with zero attached hydrogens (tertiary/aromatic N) is 4. The second kappa shape index (κ2) is 7.28. The van der Waals surface area contributed by atoms with Crippen molar-refractivity contribution in [3.63, 3.8) is 0 Å². The van der Waals surface area contributed by atoms with Gasteiger partial charge in [-0.1, -0.05) is 0 Å². The fourth-order valence-corrected chi connectivity index (χ4v) is 4.11. The summed E-state index contributed by atoms with van der Waals surface area (Å²) in [6.07, 6.45) is 5.15. The molecule has 0 aliphatic carbocycles. The van der Waals surface area contributed by atoms with Gasteiger partial charge in [-0.15, -0.1) is 0 Å². The van der Waals surface area contributed by atoms with E-state index < -0.39 is 0 Å². The molecule has 1 aromatic rings. The molecule has 120 valence electrons. The van der Waals surface area contributed by atoms with E-state index >= 15 is 0 Å². The van der Waals surface area contributed by atoms with Crippen molar-refractivity contribution in [2.45, 2.75) is 25.4 Å². The summed E-state index contributed by atoms with van der Waals surface area (Å²) in [4.78, 5) is 32.0. The Kier molecular flexibility index (Phi) is 5.15. The van der Waals surface area contributed by atoms with Crippen LogP contribution in [0.1, 0.15) is 12.8 Å². The Morgan fingerprint density at radius 3 is 2.64 bits per heavy atom. The van der Waals surface area contributed by atoms with Gasteiger partial charge in [0.2, 0.25) is 5.91 Å². The van der Waals surface area contributed by atoms with E-state index in [9.17, 15) is 9.59 Å². The van der Waals surface area contributed by atoms with Crippen LogP contribution in [0, 0.1) is 0 Å². The molecule has 1 amide bonds. The van der Waals surface area contributed by atoms with Crippen LogP contribution < -0.4 is 5.69 Å². The summed E-state index contributed by atoms with van der Waals surface area (Å²) >= 11 is 2.03. The quantitative estimate of drug-likeness (QED) is 0.800. The predicted molar refractivity (Wildman–Crippen MR) is 87.0 cm³/mol. The number of hydrogen-bond acceptors (Lipinski definition) is 5. The summed E-state index contributed by atoms with van der Waals surface area (Å²) in [6, 6.07) is 2.29. The van der Waals surface area contributed by atoms with E-state index in [0.717, 1.165) is 25.9 Å². The Bertz CT molecular complexity index is 563. The molecule has 1 aromatic heterocycles. The van der Waals surface area contributed by atoms with E-state index in [1.54, 1.807) is 12.3 Å². The third-order valence-electron chi connectivity index (χ3n) is 4.47. The predicted octanol–water partition coefficient (Wildman–Crippen LogP) is 0.283. The molecule has 7 heteroatoms. The first kappa shape index (κ1) is 15.6. The van der Waals surface area contributed by atoms with E-state index in [1.807, 2.05) is 16.7 Å². The van der Waals surface area contributed by atoms with Gasteiger partial charge in [-0.2, -0.15) is 11.8 Å². The number of thioether (sulfide) groups is 1. The van der Waals surface area contributed by atoms with Crippen LogP contribution in [0.5, 0.6) is 0 Å². The van der Waals surface area contributed by atoms with Crippen LogP contribution >= 0.6 is 11.8 Å². The van der Waals surface area contributed by atoms with Crippen molar-refractivity contribution >= 4 is 17.7 Å². The van der Waals surface area contributed by atoms with Crippen molar-refractivity contribution in [1.29, 1.82) is 0 Å². The molecule has 2 saturated heterocycles. The molecule has 3 heterocycles. The van der Waals surface area contributed by atoms with Crippen molar-refractivity contribution in [3.8, 4) is 0 Å². The summed E-state index contributed by atoms with van der Waals surface area (Å²) in [7, 11) is 0. The van der Waals surface area contributed by atoms with Crippen LogP contribution in [-0.2, 0) is 11.3 Å². The zero-order valence-electron chi connectivity index (χ0n) is 12.7. The molecule has 2 fully saturated rings. The van der Waals surface area contributed by atoms with Gasteiger partial charge in [0.1, 0.15) is 6.54 Å². The summed E-state index contributed by atoms with van der Waals surface area (Å²) in [6.45, 7) is 4.03. The summed E-state index contributed by atoms with van der Waals surface area (Å²) in [5.74, 6) is 2.47. The van der Waals surface area contributed by atoms with Gasteiger partial charge in [0.15, 0.2) is 0 Å². The van der Waals surface area contributed by atoms with E-state index in [2.05, 4.69) is 9.88 Å². The van der Waals surface area contributed by atoms with Crippen LogP contribution in [0.25, 0.3) is 0 Å². The molecule has 0 spiro atoms. The van der Waals surface area contributed by atoms with E-state index in [0.29, 0.717) is 6.04 Å². The van der Waals surface area contributed by atoms with Crippen LogP contribution in [0.15, 0.2) is 23.3 Å². The van der Waals surface area contributed by atoms with E-state index in [1.165, 1.54) is 35.4 Å². The number of likely N-dealkylation sites (tertiary alicyclic amines) is 1.